The summed E-state index contributed by atoms with van der Waals surface area (Å²) in [5, 5.41) is 4.63. The van der Waals surface area contributed by atoms with Crippen LogP contribution in [-0.2, 0) is 20.1 Å². The van der Waals surface area contributed by atoms with E-state index >= 15 is 0 Å². The van der Waals surface area contributed by atoms with E-state index in [1.54, 1.807) is 23.5 Å². The van der Waals surface area contributed by atoms with Crippen LogP contribution >= 0.6 is 11.3 Å². The van der Waals surface area contributed by atoms with Crippen LogP contribution in [0.15, 0.2) is 134 Å². The molecule has 0 aliphatic heterocycles. The van der Waals surface area contributed by atoms with E-state index in [0.717, 1.165) is 43.8 Å². The van der Waals surface area contributed by atoms with Crippen LogP contribution in [0, 0.1) is 25.2 Å². The van der Waals surface area contributed by atoms with E-state index in [-0.39, 0.29) is 31.2 Å². The van der Waals surface area contributed by atoms with Crippen molar-refractivity contribution in [1.29, 1.82) is 0 Å². The minimum atomic E-state index is -2.18. The molecule has 0 atom stereocenters. The van der Waals surface area contributed by atoms with Crippen molar-refractivity contribution in [3.8, 4) is 39.5 Å². The fraction of sp³-hybridized carbons (Fsp3) is 0.116. The zero-order valence-electron chi connectivity index (χ0n) is 33.3. The van der Waals surface area contributed by atoms with Crippen molar-refractivity contribution in [3.63, 3.8) is 0 Å². The number of hydrogen-bond donors (Lipinski definition) is 0. The van der Waals surface area contributed by atoms with Gasteiger partial charge in [-0.1, -0.05) is 121 Å². The van der Waals surface area contributed by atoms with Gasteiger partial charge < -0.3 is 9.55 Å². The molecule has 3 nitrogen and oxygen atoms in total. The molecule has 5 aromatic carbocycles. The molecule has 3 aromatic heterocycles. The predicted molar refractivity (Wildman–Crippen MR) is 198 cm³/mol. The number of aromatic nitrogens is 3. The van der Waals surface area contributed by atoms with Crippen LogP contribution in [0.25, 0.3) is 60.6 Å². The van der Waals surface area contributed by atoms with E-state index in [2.05, 4.69) is 106 Å². The van der Waals surface area contributed by atoms with Crippen molar-refractivity contribution in [1.82, 2.24) is 14.5 Å². The van der Waals surface area contributed by atoms with E-state index < -0.39 is 19.6 Å². The Kier molecular flexibility index (Phi) is 7.72. The summed E-state index contributed by atoms with van der Waals surface area (Å²) in [6.45, 7) is -0.496. The Bertz CT molecular complexity index is 2480. The topological polar surface area (TPSA) is 30.7 Å². The molecule has 48 heavy (non-hydrogen) atoms. The fourth-order valence-corrected chi connectivity index (χ4v) is 6.36. The summed E-state index contributed by atoms with van der Waals surface area (Å²) in [7, 11) is 0. The second-order valence-corrected chi connectivity index (χ2v) is 12.2. The van der Waals surface area contributed by atoms with Crippen molar-refractivity contribution < 1.29 is 29.7 Å². The van der Waals surface area contributed by atoms with Crippen molar-refractivity contribution in [2.45, 2.75) is 33.4 Å². The molecule has 0 saturated heterocycles. The van der Waals surface area contributed by atoms with Gasteiger partial charge >= 0.3 is 0 Å². The number of pyridine rings is 1. The van der Waals surface area contributed by atoms with Crippen LogP contribution in [0.1, 0.15) is 46.0 Å². The maximum absolute atomic E-state index is 8.40. The number of aryl methyl sites for hydroxylation is 2. The Balaban J connectivity index is 0.000000211. The van der Waals surface area contributed by atoms with E-state index in [4.69, 9.17) is 14.6 Å². The van der Waals surface area contributed by atoms with Crippen LogP contribution in [-0.4, -0.2) is 14.5 Å². The van der Waals surface area contributed by atoms with Crippen LogP contribution in [0.5, 0.6) is 0 Å². The summed E-state index contributed by atoms with van der Waals surface area (Å²) in [6, 6.07) is 44.1. The Morgan fingerprint density at radius 1 is 0.792 bits per heavy atom. The van der Waals surface area contributed by atoms with Crippen molar-refractivity contribution >= 4 is 32.5 Å². The van der Waals surface area contributed by atoms with Gasteiger partial charge in [0.15, 0.2) is 0 Å². The number of fused-ring (bicyclic) bond motifs is 2. The summed E-state index contributed by atoms with van der Waals surface area (Å²) < 4.78 is 55.4. The van der Waals surface area contributed by atoms with Crippen molar-refractivity contribution in [3.05, 3.63) is 162 Å². The quantitative estimate of drug-likeness (QED) is 0.162. The first-order chi connectivity index (χ1) is 25.7. The van der Waals surface area contributed by atoms with Gasteiger partial charge in [0.05, 0.1) is 16.9 Å². The van der Waals surface area contributed by atoms with Gasteiger partial charge in [0.2, 0.25) is 0 Å². The first-order valence-electron chi connectivity index (χ1n) is 18.7. The van der Waals surface area contributed by atoms with Gasteiger partial charge in [-0.3, -0.25) is 16.3 Å². The number of hydrogen-bond acceptors (Lipinski definition) is 3. The van der Waals surface area contributed by atoms with Crippen molar-refractivity contribution in [2.75, 3.05) is 0 Å². The molecule has 8 aromatic rings. The minimum Gasteiger partial charge on any atom is -0.333 e. The monoisotopic (exact) mass is 825 g/mol. The molecule has 0 saturated carbocycles. The normalized spacial score (nSPS) is 13.8. The molecule has 3 heterocycles. The number of para-hydroxylation sites is 2. The third-order valence-corrected chi connectivity index (χ3v) is 8.82. The zero-order valence-corrected chi connectivity index (χ0v) is 29.5. The molecule has 0 bridgehead atoms. The first-order valence-corrected chi connectivity index (χ1v) is 16.1. The second kappa shape index (κ2) is 14.6. The number of nitrogens with zero attached hydrogens (tertiary/aromatic N) is 3. The maximum Gasteiger partial charge on any atom is 0.0774 e. The van der Waals surface area contributed by atoms with Gasteiger partial charge in [-0.25, -0.2) is 0 Å². The molecule has 0 unspecified atom stereocenters. The molecular formula is C43H35IrN3S-2. The zero-order chi connectivity index (χ0) is 38.3. The van der Waals surface area contributed by atoms with Crippen LogP contribution in [0.3, 0.4) is 0 Å². The molecule has 8 rings (SSSR count). The number of imidazole rings is 1. The number of rotatable bonds is 5. The van der Waals surface area contributed by atoms with Crippen molar-refractivity contribution in [2.24, 2.45) is 0 Å². The summed E-state index contributed by atoms with van der Waals surface area (Å²) in [6.07, 6.45) is 1.30. The molecule has 0 amide bonds. The summed E-state index contributed by atoms with van der Waals surface area (Å²) in [5.74, 6) is 0.254. The summed E-state index contributed by atoms with van der Waals surface area (Å²) >= 11 is 1.59. The van der Waals surface area contributed by atoms with Gasteiger partial charge in [-0.15, -0.1) is 46.8 Å². The second-order valence-electron chi connectivity index (χ2n) is 11.4. The van der Waals surface area contributed by atoms with Gasteiger partial charge in [-0.05, 0) is 59.4 Å². The van der Waals surface area contributed by atoms with E-state index in [9.17, 15) is 0 Å². The largest absolute Gasteiger partial charge is 0.333 e. The van der Waals surface area contributed by atoms with Gasteiger partial charge in [0.25, 0.3) is 0 Å². The Morgan fingerprint density at radius 2 is 1.54 bits per heavy atom. The third kappa shape index (κ3) is 6.95. The minimum absolute atomic E-state index is 0. The third-order valence-electron chi connectivity index (χ3n) is 7.96. The van der Waals surface area contributed by atoms with Crippen LogP contribution < -0.4 is 0 Å². The van der Waals surface area contributed by atoms with Gasteiger partial charge in [0.1, 0.15) is 0 Å². The average molecular weight is 825 g/mol. The summed E-state index contributed by atoms with van der Waals surface area (Å²) in [4.78, 5) is 9.11. The maximum atomic E-state index is 8.40. The number of benzene rings is 5. The fourth-order valence-electron chi connectivity index (χ4n) is 5.48. The predicted octanol–water partition coefficient (Wildman–Crippen LogP) is 11.7. The molecule has 0 aliphatic carbocycles. The number of thiophene rings is 1. The van der Waals surface area contributed by atoms with E-state index in [1.165, 1.54) is 35.5 Å². The molecule has 5 heteroatoms. The smallest absolute Gasteiger partial charge is 0.0774 e. The molecule has 1 radical (unpaired) electrons. The average Bonchev–Trinajstić information content (AvgIpc) is 3.76. The molecule has 239 valence electrons. The van der Waals surface area contributed by atoms with E-state index in [0.29, 0.717) is 11.3 Å². The van der Waals surface area contributed by atoms with Crippen LogP contribution in [0.2, 0.25) is 0 Å². The molecule has 0 fully saturated rings. The van der Waals surface area contributed by atoms with Crippen LogP contribution in [0.4, 0.5) is 0 Å². The Morgan fingerprint density at radius 3 is 2.25 bits per heavy atom. The van der Waals surface area contributed by atoms with E-state index in [1.807, 2.05) is 26.0 Å². The standard InChI is InChI=1S/C30H23N2S.C13H12N.Ir/c1-20(2)23-14-17-25-26(19-33-29(25)18-23)30-31-27-10-6-7-11-28(27)32(30)24-15-12-22(13-16-24)21-8-4-3-5-9-21;1-10-3-6-12(7-4-10)13-8-5-11(2)9-14-13;/h3-18,20H,1-2H3;3-6,8-9H,1-2H3;/q2*-1;/i20D;1D3,2D3;. The molecule has 0 aliphatic rings. The van der Waals surface area contributed by atoms with Gasteiger partial charge in [0, 0.05) is 41.6 Å². The first kappa shape index (κ1) is 25.4. The molecular weight excluding hydrogens is 783 g/mol. The molecule has 0 N–H and O–H groups in total. The van der Waals surface area contributed by atoms with Gasteiger partial charge in [-0.2, -0.15) is 0 Å². The summed E-state index contributed by atoms with van der Waals surface area (Å²) in [5.41, 5.74) is 9.04. The Labute approximate surface area is 310 Å². The SMILES string of the molecule is [2H]C(C)(C)c1ccc2c(-c3nc4ccccc4n3-c3ccc(-c4ccccc4)cc3)[c-]sc2c1.[2H]C([2H])([2H])c1c[c-]c(-c2ccc(C([2H])([2H])[2H])cn2)cc1.[Ir]. The molecule has 0 spiro atoms. The Hall–Kier alpha value is -4.67.